The molecular formula is C22H27ClFN3O2. The largest absolute Gasteiger partial charge is 0.497 e. The van der Waals surface area contributed by atoms with Crippen LogP contribution in [0.4, 0.5) is 4.39 Å². The van der Waals surface area contributed by atoms with Gasteiger partial charge in [0.2, 0.25) is 0 Å². The number of amides is 1. The van der Waals surface area contributed by atoms with E-state index < -0.39 is 5.82 Å². The van der Waals surface area contributed by atoms with E-state index in [9.17, 15) is 9.18 Å². The minimum atomic E-state index is -0.469. The van der Waals surface area contributed by atoms with Crippen LogP contribution in [0, 0.1) is 5.82 Å². The highest BCUT2D eigenvalue weighted by Crippen LogP contribution is 2.26. The van der Waals surface area contributed by atoms with Crippen molar-refractivity contribution in [2.24, 2.45) is 0 Å². The Hall–Kier alpha value is -2.15. The molecule has 1 unspecified atom stereocenters. The van der Waals surface area contributed by atoms with Gasteiger partial charge in [0.25, 0.3) is 5.91 Å². The van der Waals surface area contributed by atoms with E-state index in [1.807, 2.05) is 30.3 Å². The molecule has 1 N–H and O–H groups in total. The van der Waals surface area contributed by atoms with Crippen LogP contribution in [0.25, 0.3) is 11.1 Å². The van der Waals surface area contributed by atoms with Crippen LogP contribution in [-0.2, 0) is 0 Å². The van der Waals surface area contributed by atoms with Gasteiger partial charge >= 0.3 is 0 Å². The normalized spacial score (nSPS) is 19.7. The molecule has 4 rings (SSSR count). The van der Waals surface area contributed by atoms with E-state index in [-0.39, 0.29) is 23.9 Å². The molecule has 156 valence electrons. The van der Waals surface area contributed by atoms with Crippen molar-refractivity contribution in [3.8, 4) is 16.9 Å². The summed E-state index contributed by atoms with van der Waals surface area (Å²) >= 11 is 0. The molecule has 2 aromatic rings. The van der Waals surface area contributed by atoms with E-state index in [1.54, 1.807) is 18.1 Å². The zero-order valence-electron chi connectivity index (χ0n) is 16.6. The Kier molecular flexibility index (Phi) is 7.11. The molecular weight excluding hydrogens is 393 g/mol. The number of hydrogen-bond acceptors (Lipinski definition) is 4. The molecule has 7 heteroatoms. The Labute approximate surface area is 177 Å². The average Bonchev–Trinajstić information content (AvgIpc) is 3.24. The van der Waals surface area contributed by atoms with Crippen molar-refractivity contribution < 1.29 is 13.9 Å². The molecule has 0 aromatic heterocycles. The summed E-state index contributed by atoms with van der Waals surface area (Å²) in [5.74, 6) is 0.0736. The number of hydrogen-bond donors (Lipinski definition) is 1. The predicted molar refractivity (Wildman–Crippen MR) is 114 cm³/mol. The number of piperazine rings is 1. The molecule has 2 aliphatic heterocycles. The number of nitrogens with zero attached hydrogens (tertiary/aromatic N) is 2. The Morgan fingerprint density at radius 1 is 1.07 bits per heavy atom. The van der Waals surface area contributed by atoms with E-state index in [4.69, 9.17) is 4.74 Å². The highest BCUT2D eigenvalue weighted by Gasteiger charge is 2.32. The molecule has 1 amide bonds. The minimum Gasteiger partial charge on any atom is -0.497 e. The van der Waals surface area contributed by atoms with Crippen LogP contribution in [0.3, 0.4) is 0 Å². The second kappa shape index (κ2) is 9.57. The van der Waals surface area contributed by atoms with Crippen LogP contribution in [-0.4, -0.2) is 68.1 Å². The van der Waals surface area contributed by atoms with Crippen LogP contribution in [0.1, 0.15) is 16.8 Å². The van der Waals surface area contributed by atoms with Crippen molar-refractivity contribution in [1.82, 2.24) is 15.1 Å². The molecule has 0 aliphatic carbocycles. The molecule has 1 atom stereocenters. The highest BCUT2D eigenvalue weighted by molar-refractivity contribution is 5.95. The molecule has 2 aliphatic rings. The van der Waals surface area contributed by atoms with Gasteiger partial charge in [-0.15, -0.1) is 12.4 Å². The summed E-state index contributed by atoms with van der Waals surface area (Å²) in [6, 6.07) is 12.7. The van der Waals surface area contributed by atoms with Crippen molar-refractivity contribution in [2.45, 2.75) is 12.5 Å². The first kappa shape index (κ1) is 21.6. The number of halogens is 2. The van der Waals surface area contributed by atoms with E-state index >= 15 is 0 Å². The van der Waals surface area contributed by atoms with Crippen LogP contribution < -0.4 is 10.1 Å². The minimum absolute atomic E-state index is 0. The Balaban J connectivity index is 0.00000240. The first-order chi connectivity index (χ1) is 13.7. The van der Waals surface area contributed by atoms with Crippen molar-refractivity contribution >= 4 is 18.3 Å². The van der Waals surface area contributed by atoms with Crippen LogP contribution in [0.2, 0.25) is 0 Å². The third kappa shape index (κ3) is 4.71. The second-order valence-corrected chi connectivity index (χ2v) is 7.40. The van der Waals surface area contributed by atoms with Gasteiger partial charge in [-0.2, -0.15) is 0 Å². The molecule has 2 aromatic carbocycles. The van der Waals surface area contributed by atoms with Gasteiger partial charge < -0.3 is 15.0 Å². The van der Waals surface area contributed by atoms with Crippen LogP contribution in [0.5, 0.6) is 5.75 Å². The third-order valence-electron chi connectivity index (χ3n) is 5.74. The monoisotopic (exact) mass is 419 g/mol. The number of methoxy groups -OCH3 is 1. The van der Waals surface area contributed by atoms with E-state index in [1.165, 1.54) is 6.07 Å². The number of benzene rings is 2. The zero-order valence-corrected chi connectivity index (χ0v) is 17.4. The predicted octanol–water partition coefficient (Wildman–Crippen LogP) is 3.04. The van der Waals surface area contributed by atoms with Crippen LogP contribution >= 0.6 is 12.4 Å². The molecule has 2 saturated heterocycles. The van der Waals surface area contributed by atoms with Gasteiger partial charge in [0.1, 0.15) is 11.6 Å². The molecule has 0 spiro atoms. The van der Waals surface area contributed by atoms with Gasteiger partial charge in [-0.25, -0.2) is 4.39 Å². The van der Waals surface area contributed by atoms with Crippen molar-refractivity contribution in [3.63, 3.8) is 0 Å². The molecule has 0 radical (unpaired) electrons. The third-order valence-corrected chi connectivity index (χ3v) is 5.74. The summed E-state index contributed by atoms with van der Waals surface area (Å²) in [6.07, 6.45) is 0.956. The van der Waals surface area contributed by atoms with E-state index in [2.05, 4.69) is 10.2 Å². The number of likely N-dealkylation sites (tertiary alicyclic amines) is 1. The SMILES string of the molecule is COc1ccc(-c2ccc(C(=O)N3CCC(N4CCNCC4)C3)c(F)c2)cc1.Cl. The van der Waals surface area contributed by atoms with E-state index in [0.717, 1.165) is 49.5 Å². The summed E-state index contributed by atoms with van der Waals surface area (Å²) in [5.41, 5.74) is 1.79. The van der Waals surface area contributed by atoms with Crippen molar-refractivity contribution in [1.29, 1.82) is 0 Å². The lowest BCUT2D eigenvalue weighted by Gasteiger charge is -2.32. The summed E-state index contributed by atoms with van der Waals surface area (Å²) in [6.45, 7) is 5.37. The smallest absolute Gasteiger partial charge is 0.256 e. The molecule has 29 heavy (non-hydrogen) atoms. The van der Waals surface area contributed by atoms with Gasteiger partial charge in [0.05, 0.1) is 12.7 Å². The average molecular weight is 420 g/mol. The van der Waals surface area contributed by atoms with Crippen LogP contribution in [0.15, 0.2) is 42.5 Å². The number of nitrogens with one attached hydrogen (secondary N) is 1. The fraction of sp³-hybridized carbons (Fsp3) is 0.409. The summed E-state index contributed by atoms with van der Waals surface area (Å²) in [4.78, 5) is 17.1. The first-order valence-corrected chi connectivity index (χ1v) is 9.84. The lowest BCUT2D eigenvalue weighted by atomic mass is 10.0. The zero-order chi connectivity index (χ0) is 19.5. The van der Waals surface area contributed by atoms with Gasteiger partial charge in [-0.3, -0.25) is 9.69 Å². The number of carbonyl (C=O) groups excluding carboxylic acids is 1. The van der Waals surface area contributed by atoms with Gasteiger partial charge in [-0.05, 0) is 41.8 Å². The quantitative estimate of drug-likeness (QED) is 0.827. The molecule has 5 nitrogen and oxygen atoms in total. The van der Waals surface area contributed by atoms with Gasteiger partial charge in [0.15, 0.2) is 0 Å². The standard InChI is InChI=1S/C22H26FN3O2.ClH/c1-28-19-5-2-16(3-6-19)17-4-7-20(21(23)14-17)22(27)26-11-8-18(15-26)25-12-9-24-10-13-25;/h2-7,14,18,24H,8-13,15H2,1H3;1H. The lowest BCUT2D eigenvalue weighted by Crippen LogP contribution is -2.49. The number of carbonyl (C=O) groups is 1. The molecule has 0 saturated carbocycles. The highest BCUT2D eigenvalue weighted by atomic mass is 35.5. The van der Waals surface area contributed by atoms with Gasteiger partial charge in [0, 0.05) is 45.3 Å². The van der Waals surface area contributed by atoms with Crippen molar-refractivity contribution in [2.75, 3.05) is 46.4 Å². The Bertz CT molecular complexity index is 840. The Morgan fingerprint density at radius 2 is 1.76 bits per heavy atom. The van der Waals surface area contributed by atoms with Crippen molar-refractivity contribution in [3.05, 3.63) is 53.8 Å². The van der Waals surface area contributed by atoms with E-state index in [0.29, 0.717) is 19.1 Å². The Morgan fingerprint density at radius 3 is 2.41 bits per heavy atom. The fourth-order valence-electron chi connectivity index (χ4n) is 4.09. The summed E-state index contributed by atoms with van der Waals surface area (Å²) < 4.78 is 19.9. The summed E-state index contributed by atoms with van der Waals surface area (Å²) in [7, 11) is 1.61. The maximum atomic E-state index is 14.7. The second-order valence-electron chi connectivity index (χ2n) is 7.40. The molecule has 2 fully saturated rings. The molecule has 2 heterocycles. The number of rotatable bonds is 4. The lowest BCUT2D eigenvalue weighted by molar-refractivity contribution is 0.0769. The molecule has 0 bridgehead atoms. The number of ether oxygens (including phenoxy) is 1. The fourth-order valence-corrected chi connectivity index (χ4v) is 4.09. The summed E-state index contributed by atoms with van der Waals surface area (Å²) in [5, 5.41) is 3.35. The maximum absolute atomic E-state index is 14.7. The topological polar surface area (TPSA) is 44.8 Å². The first-order valence-electron chi connectivity index (χ1n) is 9.84. The maximum Gasteiger partial charge on any atom is 0.256 e. The van der Waals surface area contributed by atoms with Gasteiger partial charge in [-0.1, -0.05) is 18.2 Å².